The van der Waals surface area contributed by atoms with Gasteiger partial charge >= 0.3 is 0 Å². The molecule has 3 rings (SSSR count). The summed E-state index contributed by atoms with van der Waals surface area (Å²) >= 11 is 1.68. The van der Waals surface area contributed by atoms with Gasteiger partial charge in [-0.25, -0.2) is 4.99 Å². The molecular formula is C16H15N3OS. The van der Waals surface area contributed by atoms with Crippen LogP contribution in [0.5, 0.6) is 5.75 Å². The summed E-state index contributed by atoms with van der Waals surface area (Å²) in [6.45, 7) is 2.07. The van der Waals surface area contributed by atoms with Crippen molar-refractivity contribution in [3.63, 3.8) is 0 Å². The van der Waals surface area contributed by atoms with E-state index in [-0.39, 0.29) is 5.75 Å². The lowest BCUT2D eigenvalue weighted by atomic mass is 9.91. The average Bonchev–Trinajstić information content (AvgIpc) is 2.99. The van der Waals surface area contributed by atoms with E-state index in [0.29, 0.717) is 5.56 Å². The van der Waals surface area contributed by atoms with Gasteiger partial charge in [0.05, 0.1) is 0 Å². The molecule has 21 heavy (non-hydrogen) atoms. The van der Waals surface area contributed by atoms with Crippen LogP contribution in [0, 0.1) is 6.92 Å². The highest BCUT2D eigenvalue weighted by Crippen LogP contribution is 2.42. The highest BCUT2D eigenvalue weighted by atomic mass is 32.2. The minimum absolute atomic E-state index is 0.168. The average molecular weight is 297 g/mol. The number of para-hydroxylation sites is 1. The third-order valence-electron chi connectivity index (χ3n) is 3.59. The minimum Gasteiger partial charge on any atom is -0.507 e. The second kappa shape index (κ2) is 5.33. The summed E-state index contributed by atoms with van der Waals surface area (Å²) in [5.74, 6) is 0.168. The first kappa shape index (κ1) is 13.8. The number of aromatic hydroxyl groups is 1. The lowest BCUT2D eigenvalue weighted by Crippen LogP contribution is -2.21. The summed E-state index contributed by atoms with van der Waals surface area (Å²) in [5, 5.41) is 18.4. The summed E-state index contributed by atoms with van der Waals surface area (Å²) in [6.07, 6.45) is 3.48. The molecule has 0 radical (unpaired) electrons. The standard InChI is InChI=1S/C16H15N3OS/c1-11-7-8-12(9-15(11)21-2)16(17-10-18-19-16)13-5-3-4-6-14(13)20/h3-10,20H,1-2H3. The van der Waals surface area contributed by atoms with Crippen LogP contribution in [0.1, 0.15) is 16.7 Å². The number of nitrogens with zero attached hydrogens (tertiary/aromatic N) is 3. The summed E-state index contributed by atoms with van der Waals surface area (Å²) < 4.78 is 0. The van der Waals surface area contributed by atoms with Gasteiger partial charge in [-0.3, -0.25) is 0 Å². The second-order valence-corrected chi connectivity index (χ2v) is 5.68. The van der Waals surface area contributed by atoms with E-state index >= 15 is 0 Å². The smallest absolute Gasteiger partial charge is 0.226 e. The Kier molecular flexibility index (Phi) is 3.51. The van der Waals surface area contributed by atoms with Crippen molar-refractivity contribution in [2.24, 2.45) is 15.2 Å². The molecule has 5 heteroatoms. The first-order chi connectivity index (χ1) is 10.2. The molecule has 1 N–H and O–H groups in total. The van der Waals surface area contributed by atoms with Gasteiger partial charge in [0.15, 0.2) is 0 Å². The molecule has 2 aromatic carbocycles. The lowest BCUT2D eigenvalue weighted by Gasteiger charge is -2.24. The van der Waals surface area contributed by atoms with Gasteiger partial charge in [0.25, 0.3) is 0 Å². The fraction of sp³-hybridized carbons (Fsp3) is 0.188. The largest absolute Gasteiger partial charge is 0.507 e. The maximum absolute atomic E-state index is 10.2. The van der Waals surface area contributed by atoms with Gasteiger partial charge in [-0.05, 0) is 30.9 Å². The maximum Gasteiger partial charge on any atom is 0.226 e. The molecule has 1 aliphatic rings. The van der Waals surface area contributed by atoms with Crippen LogP contribution >= 0.6 is 11.8 Å². The van der Waals surface area contributed by atoms with Crippen molar-refractivity contribution >= 4 is 18.1 Å². The quantitative estimate of drug-likeness (QED) is 0.866. The van der Waals surface area contributed by atoms with Crippen molar-refractivity contribution in [1.29, 1.82) is 0 Å². The zero-order valence-corrected chi connectivity index (χ0v) is 12.6. The maximum atomic E-state index is 10.2. The Labute approximate surface area is 127 Å². The van der Waals surface area contributed by atoms with Crippen LogP contribution < -0.4 is 0 Å². The first-order valence-electron chi connectivity index (χ1n) is 6.56. The van der Waals surface area contributed by atoms with Gasteiger partial charge in [-0.2, -0.15) is 0 Å². The van der Waals surface area contributed by atoms with E-state index < -0.39 is 5.66 Å². The Morgan fingerprint density at radius 1 is 1.14 bits per heavy atom. The summed E-state index contributed by atoms with van der Waals surface area (Å²) in [5.41, 5.74) is 1.76. The Hall–Kier alpha value is -2.14. The molecule has 0 fully saturated rings. The number of thioether (sulfide) groups is 1. The number of hydrogen-bond donors (Lipinski definition) is 1. The van der Waals surface area contributed by atoms with Gasteiger partial charge < -0.3 is 5.11 Å². The van der Waals surface area contributed by atoms with Crippen LogP contribution in [-0.4, -0.2) is 17.7 Å². The highest BCUT2D eigenvalue weighted by molar-refractivity contribution is 7.98. The van der Waals surface area contributed by atoms with Crippen molar-refractivity contribution in [2.45, 2.75) is 17.5 Å². The van der Waals surface area contributed by atoms with E-state index in [1.807, 2.05) is 30.5 Å². The van der Waals surface area contributed by atoms with Crippen LogP contribution in [-0.2, 0) is 5.66 Å². The molecule has 1 heterocycles. The number of aryl methyl sites for hydroxylation is 1. The van der Waals surface area contributed by atoms with E-state index in [0.717, 1.165) is 5.56 Å². The lowest BCUT2D eigenvalue weighted by molar-refractivity contribution is 0.444. The van der Waals surface area contributed by atoms with Gasteiger partial charge in [-0.15, -0.1) is 22.0 Å². The van der Waals surface area contributed by atoms with Gasteiger partial charge in [-0.1, -0.05) is 30.3 Å². The number of phenols is 1. The number of azo groups is 1. The van der Waals surface area contributed by atoms with Gasteiger partial charge in [0.2, 0.25) is 5.66 Å². The highest BCUT2D eigenvalue weighted by Gasteiger charge is 2.38. The fourth-order valence-corrected chi connectivity index (χ4v) is 3.10. The fourth-order valence-electron chi connectivity index (χ4n) is 2.46. The zero-order valence-electron chi connectivity index (χ0n) is 11.8. The molecule has 0 saturated heterocycles. The molecule has 0 aliphatic carbocycles. The SMILES string of the molecule is CSc1cc(C2(c3ccccc3O)N=CN=N2)ccc1C. The molecule has 0 bridgehead atoms. The van der Waals surface area contributed by atoms with Crippen LogP contribution in [0.25, 0.3) is 0 Å². The van der Waals surface area contributed by atoms with Crippen molar-refractivity contribution in [3.8, 4) is 5.75 Å². The third kappa shape index (κ3) is 2.23. The molecule has 106 valence electrons. The molecule has 4 nitrogen and oxygen atoms in total. The molecule has 0 saturated carbocycles. The topological polar surface area (TPSA) is 57.3 Å². The van der Waals surface area contributed by atoms with E-state index in [1.54, 1.807) is 23.9 Å². The molecule has 1 atom stereocenters. The van der Waals surface area contributed by atoms with Crippen LogP contribution in [0.3, 0.4) is 0 Å². The molecule has 1 unspecified atom stereocenters. The second-order valence-electron chi connectivity index (χ2n) is 4.83. The predicted octanol–water partition coefficient (Wildman–Crippen LogP) is 4.12. The van der Waals surface area contributed by atoms with Crippen LogP contribution in [0.15, 0.2) is 62.6 Å². The van der Waals surface area contributed by atoms with E-state index in [4.69, 9.17) is 0 Å². The predicted molar refractivity (Wildman–Crippen MR) is 85.2 cm³/mol. The van der Waals surface area contributed by atoms with Crippen molar-refractivity contribution in [1.82, 2.24) is 0 Å². The molecule has 0 aromatic heterocycles. The molecule has 2 aromatic rings. The van der Waals surface area contributed by atoms with Crippen molar-refractivity contribution in [2.75, 3.05) is 6.26 Å². The molecule has 0 amide bonds. The number of phenolic OH excluding ortho intramolecular Hbond substituents is 1. The Bertz CT molecular complexity index is 728. The Morgan fingerprint density at radius 3 is 2.62 bits per heavy atom. The van der Waals surface area contributed by atoms with Crippen LogP contribution in [0.2, 0.25) is 0 Å². The van der Waals surface area contributed by atoms with Crippen molar-refractivity contribution < 1.29 is 5.11 Å². The first-order valence-corrected chi connectivity index (χ1v) is 7.79. The van der Waals surface area contributed by atoms with Crippen molar-refractivity contribution in [3.05, 3.63) is 59.2 Å². The molecule has 1 aliphatic heterocycles. The van der Waals surface area contributed by atoms with Crippen LogP contribution in [0.4, 0.5) is 0 Å². The summed E-state index contributed by atoms with van der Waals surface area (Å²) in [6, 6.07) is 13.2. The third-order valence-corrected chi connectivity index (χ3v) is 4.47. The van der Waals surface area contributed by atoms with Gasteiger partial charge in [0.1, 0.15) is 12.1 Å². The van der Waals surface area contributed by atoms with Gasteiger partial charge in [0, 0.05) is 16.0 Å². The molecular weight excluding hydrogens is 282 g/mol. The Balaban J connectivity index is 2.22. The number of hydrogen-bond acceptors (Lipinski definition) is 5. The normalized spacial score (nSPS) is 20.1. The summed E-state index contributed by atoms with van der Waals surface area (Å²) in [7, 11) is 0. The monoisotopic (exact) mass is 297 g/mol. The van der Waals surface area contributed by atoms with E-state index in [1.165, 1.54) is 16.8 Å². The minimum atomic E-state index is -0.983. The molecule has 0 spiro atoms. The number of aliphatic imine (C=N–C) groups is 1. The zero-order chi connectivity index (χ0) is 14.9. The Morgan fingerprint density at radius 2 is 1.95 bits per heavy atom. The van der Waals surface area contributed by atoms with E-state index in [2.05, 4.69) is 28.2 Å². The number of rotatable bonds is 3. The summed E-state index contributed by atoms with van der Waals surface area (Å²) in [4.78, 5) is 5.61. The van der Waals surface area contributed by atoms with E-state index in [9.17, 15) is 5.11 Å². The number of benzene rings is 2.